The van der Waals surface area contributed by atoms with Crippen molar-refractivity contribution in [2.75, 3.05) is 0 Å². The molecule has 2 unspecified atom stereocenters. The Bertz CT molecular complexity index is 1870. The third-order valence-electron chi connectivity index (χ3n) is 7.70. The Morgan fingerprint density at radius 2 is 1.76 bits per heavy atom. The fourth-order valence-electron chi connectivity index (χ4n) is 5.11. The predicted molar refractivity (Wildman–Crippen MR) is 173 cm³/mol. The molecule has 5 rings (SSSR count). The first-order valence-electron chi connectivity index (χ1n) is 14.9. The molecule has 0 aliphatic heterocycles. The van der Waals surface area contributed by atoms with E-state index < -0.39 is 12.4 Å². The Labute approximate surface area is 269 Å². The van der Waals surface area contributed by atoms with Crippen LogP contribution in [0.5, 0.6) is 5.75 Å². The van der Waals surface area contributed by atoms with E-state index in [9.17, 15) is 18.0 Å². The van der Waals surface area contributed by atoms with E-state index in [-0.39, 0.29) is 17.7 Å². The number of rotatable bonds is 9. The fourth-order valence-corrected chi connectivity index (χ4v) is 5.97. The highest BCUT2D eigenvalue weighted by Crippen LogP contribution is 2.26. The Morgan fingerprint density at radius 1 is 1.04 bits per heavy atom. The van der Waals surface area contributed by atoms with Crippen molar-refractivity contribution in [3.8, 4) is 28.5 Å². The minimum absolute atomic E-state index is 0.0127. The lowest BCUT2D eigenvalue weighted by Gasteiger charge is -2.21. The maximum atomic E-state index is 13.1. The van der Waals surface area contributed by atoms with Gasteiger partial charge in [0.1, 0.15) is 12.1 Å². The largest absolute Gasteiger partial charge is 0.573 e. The summed E-state index contributed by atoms with van der Waals surface area (Å²) in [5.74, 6) is 0.139. The Hall–Kier alpha value is -4.71. The van der Waals surface area contributed by atoms with Crippen LogP contribution in [-0.2, 0) is 6.42 Å². The van der Waals surface area contributed by atoms with Crippen molar-refractivity contribution >= 4 is 17.4 Å². The second-order valence-corrected chi connectivity index (χ2v) is 12.0. The van der Waals surface area contributed by atoms with Gasteiger partial charge in [-0.15, -0.1) is 29.6 Å². The van der Waals surface area contributed by atoms with E-state index in [0.717, 1.165) is 40.9 Å². The molecule has 2 amide bonds. The first-order chi connectivity index (χ1) is 21.9. The van der Waals surface area contributed by atoms with Crippen LogP contribution in [0.15, 0.2) is 83.4 Å². The molecule has 46 heavy (non-hydrogen) atoms. The van der Waals surface area contributed by atoms with Crippen molar-refractivity contribution in [2.45, 2.75) is 65.8 Å². The van der Waals surface area contributed by atoms with Crippen molar-refractivity contribution in [3.63, 3.8) is 0 Å². The Balaban J connectivity index is 1.26. The van der Waals surface area contributed by atoms with Crippen LogP contribution in [0.3, 0.4) is 0 Å². The summed E-state index contributed by atoms with van der Waals surface area (Å²) < 4.78 is 44.8. The molecule has 12 heteroatoms. The molecule has 2 aromatic heterocycles. The molecular weight excluding hydrogens is 613 g/mol. The van der Waals surface area contributed by atoms with Crippen LogP contribution in [0.2, 0.25) is 0 Å². The molecule has 0 aliphatic rings. The number of aryl methyl sites for hydroxylation is 3. The van der Waals surface area contributed by atoms with Gasteiger partial charge in [0.25, 0.3) is 0 Å². The second kappa shape index (κ2) is 13.7. The van der Waals surface area contributed by atoms with Crippen LogP contribution in [0.25, 0.3) is 22.8 Å². The molecule has 0 saturated carbocycles. The molecule has 1 N–H and O–H groups in total. The number of ether oxygens (including phenoxy) is 1. The maximum absolute atomic E-state index is 13.1. The third-order valence-corrected chi connectivity index (χ3v) is 8.64. The van der Waals surface area contributed by atoms with Gasteiger partial charge in [-0.2, -0.15) is 4.99 Å². The van der Waals surface area contributed by atoms with Crippen LogP contribution in [-0.4, -0.2) is 37.8 Å². The minimum Gasteiger partial charge on any atom is -0.406 e. The van der Waals surface area contributed by atoms with Crippen LogP contribution in [0, 0.1) is 13.8 Å². The number of carbonyl (C=O) groups is 1. The lowest BCUT2D eigenvalue weighted by molar-refractivity contribution is -0.274. The van der Waals surface area contributed by atoms with Crippen molar-refractivity contribution in [2.24, 2.45) is 4.99 Å². The lowest BCUT2D eigenvalue weighted by atomic mass is 9.93. The van der Waals surface area contributed by atoms with Crippen molar-refractivity contribution in [1.29, 1.82) is 0 Å². The highest BCUT2D eigenvalue weighted by Gasteiger charge is 2.31. The topological polar surface area (TPSA) is 86.3 Å². The van der Waals surface area contributed by atoms with E-state index in [1.165, 1.54) is 52.2 Å². The quantitative estimate of drug-likeness (QED) is 0.175. The molecule has 0 aliphatic carbocycles. The van der Waals surface area contributed by atoms with E-state index in [1.807, 2.05) is 50.4 Å². The van der Waals surface area contributed by atoms with Crippen LogP contribution >= 0.6 is 11.3 Å². The number of urea groups is 1. The fraction of sp³-hybridized carbons (Fsp3) is 0.294. The van der Waals surface area contributed by atoms with Gasteiger partial charge in [-0.1, -0.05) is 56.7 Å². The molecule has 0 spiro atoms. The van der Waals surface area contributed by atoms with Crippen LogP contribution in [0.4, 0.5) is 18.0 Å². The summed E-state index contributed by atoms with van der Waals surface area (Å²) in [6.45, 7) is 10.2. The van der Waals surface area contributed by atoms with Crippen molar-refractivity contribution < 1.29 is 22.7 Å². The first-order valence-corrected chi connectivity index (χ1v) is 15.8. The third kappa shape index (κ3) is 7.74. The summed E-state index contributed by atoms with van der Waals surface area (Å²) in [4.78, 5) is 22.5. The van der Waals surface area contributed by atoms with Gasteiger partial charge in [0.2, 0.25) is 0 Å². The second-order valence-electron chi connectivity index (χ2n) is 11.2. The monoisotopic (exact) mass is 648 g/mol. The van der Waals surface area contributed by atoms with Gasteiger partial charge in [-0.05, 0) is 74.2 Å². The zero-order valence-corrected chi connectivity index (χ0v) is 27.0. The van der Waals surface area contributed by atoms with Gasteiger partial charge in [0.05, 0.1) is 11.4 Å². The van der Waals surface area contributed by atoms with E-state index >= 15 is 0 Å². The summed E-state index contributed by atoms with van der Waals surface area (Å²) in [6.07, 6.45) is -1.30. The van der Waals surface area contributed by atoms with Gasteiger partial charge in [-0.3, -0.25) is 4.57 Å². The van der Waals surface area contributed by atoms with Gasteiger partial charge in [0, 0.05) is 28.6 Å². The van der Waals surface area contributed by atoms with E-state index in [4.69, 9.17) is 0 Å². The van der Waals surface area contributed by atoms with Gasteiger partial charge >= 0.3 is 12.4 Å². The summed E-state index contributed by atoms with van der Waals surface area (Å²) >= 11 is 1.44. The molecule has 2 atom stereocenters. The highest BCUT2D eigenvalue weighted by atomic mass is 32.1. The van der Waals surface area contributed by atoms with Crippen molar-refractivity contribution in [3.05, 3.63) is 106 Å². The summed E-state index contributed by atoms with van der Waals surface area (Å²) in [7, 11) is 0. The molecule has 8 nitrogen and oxygen atoms in total. The average molecular weight is 649 g/mol. The molecular formula is C34H35F3N6O2S. The smallest absolute Gasteiger partial charge is 0.406 e. The number of alkyl halides is 3. The number of nitrogens with one attached hydrogen (secondary N) is 1. The minimum atomic E-state index is -4.75. The SMILES string of the molecule is CCCc1ccc(C)cc1-n1c(C)csc1=NC(=O)NC(C)C(C)c1ccc(-c2ncn(-c3ccc(OC(F)(F)F)cc3)n2)cc1. The van der Waals surface area contributed by atoms with Crippen molar-refractivity contribution in [1.82, 2.24) is 24.6 Å². The number of thiazole rings is 1. The number of aromatic nitrogens is 4. The number of hydrogen-bond acceptors (Lipinski definition) is 5. The molecule has 2 heterocycles. The van der Waals surface area contributed by atoms with Crippen LogP contribution < -0.4 is 14.9 Å². The van der Waals surface area contributed by atoms with E-state index in [0.29, 0.717) is 16.3 Å². The molecule has 0 fully saturated rings. The van der Waals surface area contributed by atoms with Crippen LogP contribution in [0.1, 0.15) is 55.5 Å². The maximum Gasteiger partial charge on any atom is 0.573 e. The zero-order valence-electron chi connectivity index (χ0n) is 26.2. The standard InChI is InChI=1S/C34H35F3N6O2S/c1-6-7-26-9-8-21(2)18-30(26)43-22(3)19-46-33(43)40-32(44)39-24(5)23(4)25-10-12-27(13-11-25)31-38-20-42(41-31)28-14-16-29(17-15-28)45-34(35,36)37/h8-20,23-24H,6-7H2,1-5H3,(H,39,44). The number of nitrogens with zero attached hydrogens (tertiary/aromatic N) is 5. The predicted octanol–water partition coefficient (Wildman–Crippen LogP) is 8.06. The molecule has 0 saturated heterocycles. The molecule has 0 radical (unpaired) electrons. The summed E-state index contributed by atoms with van der Waals surface area (Å²) in [5.41, 5.74) is 6.77. The number of carbonyl (C=O) groups excluding carboxylic acids is 1. The molecule has 240 valence electrons. The number of amides is 2. The highest BCUT2D eigenvalue weighted by molar-refractivity contribution is 7.07. The average Bonchev–Trinajstić information content (AvgIpc) is 3.64. The normalized spacial score (nSPS) is 13.4. The zero-order chi connectivity index (χ0) is 33.0. The Morgan fingerprint density at radius 3 is 2.43 bits per heavy atom. The van der Waals surface area contributed by atoms with E-state index in [2.05, 4.69) is 61.7 Å². The number of benzene rings is 3. The van der Waals surface area contributed by atoms with Gasteiger partial charge in [0.15, 0.2) is 10.6 Å². The van der Waals surface area contributed by atoms with Gasteiger partial charge < -0.3 is 10.1 Å². The number of hydrogen-bond donors (Lipinski definition) is 1. The molecule has 3 aromatic carbocycles. The summed E-state index contributed by atoms with van der Waals surface area (Å²) in [6, 6.07) is 18.9. The van der Waals surface area contributed by atoms with Gasteiger partial charge in [-0.25, -0.2) is 14.5 Å². The van der Waals surface area contributed by atoms with E-state index in [1.54, 1.807) is 0 Å². The first kappa shape index (κ1) is 32.7. The number of halogens is 3. The lowest BCUT2D eigenvalue weighted by Crippen LogP contribution is -2.35. The molecule has 5 aromatic rings. The summed E-state index contributed by atoms with van der Waals surface area (Å²) in [5, 5.41) is 9.52. The Kier molecular flexibility index (Phi) is 9.76. The molecule has 0 bridgehead atoms.